The Morgan fingerprint density at radius 2 is 1.79 bits per heavy atom. The van der Waals surface area contributed by atoms with Gasteiger partial charge in [-0.25, -0.2) is 0 Å². The highest BCUT2D eigenvalue weighted by molar-refractivity contribution is 5.45. The molecule has 2 aliphatic rings. The fourth-order valence-electron chi connectivity index (χ4n) is 2.86. The Kier molecular flexibility index (Phi) is 3.37. The smallest absolute Gasteiger partial charge is 0.161 e. The van der Waals surface area contributed by atoms with Crippen LogP contribution in [0.15, 0.2) is 18.2 Å². The molecule has 3 rings (SSSR count). The third-order valence-corrected chi connectivity index (χ3v) is 4.14. The van der Waals surface area contributed by atoms with Gasteiger partial charge in [-0.3, -0.25) is 0 Å². The quantitative estimate of drug-likeness (QED) is 0.812. The lowest BCUT2D eigenvalue weighted by molar-refractivity contribution is -0.00517. The van der Waals surface area contributed by atoms with Gasteiger partial charge in [-0.15, -0.1) is 0 Å². The maximum atomic E-state index is 10.8. The van der Waals surface area contributed by atoms with Crippen molar-refractivity contribution >= 4 is 0 Å². The summed E-state index contributed by atoms with van der Waals surface area (Å²) in [6.07, 6.45) is 4.06. The van der Waals surface area contributed by atoms with Crippen molar-refractivity contribution in [3.05, 3.63) is 23.8 Å². The zero-order valence-electron chi connectivity index (χ0n) is 11.1. The van der Waals surface area contributed by atoms with E-state index in [0.717, 1.165) is 36.3 Å². The number of aliphatic hydroxyl groups is 1. The summed E-state index contributed by atoms with van der Waals surface area (Å²) in [6.45, 7) is 1.35. The summed E-state index contributed by atoms with van der Waals surface area (Å²) in [5.74, 6) is 1.52. The van der Waals surface area contributed by atoms with Crippen molar-refractivity contribution < 1.29 is 14.6 Å². The number of nitrogens with two attached hydrogens (primary N) is 1. The molecule has 1 fully saturated rings. The Morgan fingerprint density at radius 3 is 2.53 bits per heavy atom. The molecule has 0 unspecified atom stereocenters. The van der Waals surface area contributed by atoms with Crippen LogP contribution in [0.1, 0.15) is 37.7 Å². The van der Waals surface area contributed by atoms with Crippen LogP contribution in [0.2, 0.25) is 0 Å². The largest absolute Gasteiger partial charge is 0.490 e. The summed E-state index contributed by atoms with van der Waals surface area (Å²) in [5.41, 5.74) is 6.07. The van der Waals surface area contributed by atoms with Crippen LogP contribution < -0.4 is 15.2 Å². The van der Waals surface area contributed by atoms with Crippen molar-refractivity contribution in [2.24, 2.45) is 5.73 Å². The highest BCUT2D eigenvalue weighted by Crippen LogP contribution is 2.40. The first-order valence-corrected chi connectivity index (χ1v) is 7.05. The van der Waals surface area contributed by atoms with E-state index in [4.69, 9.17) is 15.2 Å². The minimum absolute atomic E-state index is 0.223. The molecule has 1 aromatic carbocycles. The van der Waals surface area contributed by atoms with Crippen molar-refractivity contribution in [2.75, 3.05) is 13.2 Å². The molecule has 0 spiro atoms. The van der Waals surface area contributed by atoms with Gasteiger partial charge >= 0.3 is 0 Å². The highest BCUT2D eigenvalue weighted by Gasteiger charge is 2.34. The van der Waals surface area contributed by atoms with Gasteiger partial charge in [0, 0.05) is 12.5 Å². The third-order valence-electron chi connectivity index (χ3n) is 4.14. The summed E-state index contributed by atoms with van der Waals surface area (Å²) in [4.78, 5) is 0. The molecule has 0 saturated heterocycles. The summed E-state index contributed by atoms with van der Waals surface area (Å²) in [5, 5.41) is 10.8. The van der Waals surface area contributed by atoms with E-state index in [1.54, 1.807) is 0 Å². The maximum absolute atomic E-state index is 10.8. The molecule has 4 heteroatoms. The summed E-state index contributed by atoms with van der Waals surface area (Å²) in [6, 6.07) is 6.00. The molecule has 0 bridgehead atoms. The van der Waals surface area contributed by atoms with Gasteiger partial charge in [0.25, 0.3) is 0 Å². The Hall–Kier alpha value is -1.26. The fraction of sp³-hybridized carbons (Fsp3) is 0.600. The summed E-state index contributed by atoms with van der Waals surface area (Å²) < 4.78 is 11.3. The van der Waals surface area contributed by atoms with E-state index in [1.807, 2.05) is 18.2 Å². The Balaban J connectivity index is 1.87. The van der Waals surface area contributed by atoms with Crippen LogP contribution in [-0.4, -0.2) is 24.4 Å². The van der Waals surface area contributed by atoms with Gasteiger partial charge < -0.3 is 20.3 Å². The van der Waals surface area contributed by atoms with Crippen LogP contribution in [0.25, 0.3) is 0 Å². The molecular weight excluding hydrogens is 242 g/mol. The zero-order valence-corrected chi connectivity index (χ0v) is 11.1. The standard InChI is InChI=1S/C15H21NO3/c16-12-4-6-15(17,7-5-12)11-2-3-13-14(10-11)19-9-1-8-18-13/h2-3,10,12,17H,1,4-9,16H2. The van der Waals surface area contributed by atoms with E-state index in [1.165, 1.54) is 0 Å². The maximum Gasteiger partial charge on any atom is 0.161 e. The van der Waals surface area contributed by atoms with Crippen molar-refractivity contribution in [3.8, 4) is 11.5 Å². The second-order valence-corrected chi connectivity index (χ2v) is 5.58. The predicted octanol–water partition coefficient (Wildman–Crippen LogP) is 1.94. The van der Waals surface area contributed by atoms with Gasteiger partial charge in [0.2, 0.25) is 0 Å². The van der Waals surface area contributed by atoms with Crippen molar-refractivity contribution in [1.82, 2.24) is 0 Å². The molecule has 1 saturated carbocycles. The zero-order chi connectivity index (χ0) is 13.3. The molecular formula is C15H21NO3. The van der Waals surface area contributed by atoms with Crippen LogP contribution in [0.5, 0.6) is 11.5 Å². The molecule has 4 nitrogen and oxygen atoms in total. The normalized spacial score (nSPS) is 30.7. The molecule has 1 aromatic rings. The molecule has 104 valence electrons. The minimum Gasteiger partial charge on any atom is -0.490 e. The molecule has 0 aromatic heterocycles. The van der Waals surface area contributed by atoms with E-state index < -0.39 is 5.60 Å². The van der Waals surface area contributed by atoms with Crippen molar-refractivity contribution in [3.63, 3.8) is 0 Å². The first-order chi connectivity index (χ1) is 9.17. The lowest BCUT2D eigenvalue weighted by Gasteiger charge is -2.35. The number of fused-ring (bicyclic) bond motifs is 1. The number of ether oxygens (including phenoxy) is 2. The van der Waals surface area contributed by atoms with Gasteiger partial charge in [0.1, 0.15) is 0 Å². The monoisotopic (exact) mass is 263 g/mol. The molecule has 0 amide bonds. The lowest BCUT2D eigenvalue weighted by atomic mass is 9.78. The van der Waals surface area contributed by atoms with Crippen LogP contribution in [0.4, 0.5) is 0 Å². The predicted molar refractivity (Wildman–Crippen MR) is 72.4 cm³/mol. The van der Waals surface area contributed by atoms with E-state index in [9.17, 15) is 5.11 Å². The molecule has 19 heavy (non-hydrogen) atoms. The van der Waals surface area contributed by atoms with E-state index >= 15 is 0 Å². The average molecular weight is 263 g/mol. The molecule has 0 atom stereocenters. The number of hydrogen-bond acceptors (Lipinski definition) is 4. The van der Waals surface area contributed by atoms with Gasteiger partial charge in [0.05, 0.1) is 18.8 Å². The number of benzene rings is 1. The van der Waals surface area contributed by atoms with Crippen molar-refractivity contribution in [1.29, 1.82) is 0 Å². The second-order valence-electron chi connectivity index (χ2n) is 5.58. The molecule has 0 radical (unpaired) electrons. The SMILES string of the molecule is NC1CCC(O)(c2ccc3c(c2)OCCCO3)CC1. The topological polar surface area (TPSA) is 64.7 Å². The molecule has 1 heterocycles. The Bertz CT molecular complexity index is 453. The highest BCUT2D eigenvalue weighted by atomic mass is 16.5. The van der Waals surface area contributed by atoms with Crippen molar-refractivity contribution in [2.45, 2.75) is 43.7 Å². The van der Waals surface area contributed by atoms with E-state index in [-0.39, 0.29) is 6.04 Å². The van der Waals surface area contributed by atoms with E-state index in [2.05, 4.69) is 0 Å². The van der Waals surface area contributed by atoms with Crippen LogP contribution in [0.3, 0.4) is 0 Å². The molecule has 1 aliphatic carbocycles. The van der Waals surface area contributed by atoms with Gasteiger partial charge in [-0.1, -0.05) is 6.07 Å². The van der Waals surface area contributed by atoms with Crippen LogP contribution >= 0.6 is 0 Å². The van der Waals surface area contributed by atoms with Crippen LogP contribution in [-0.2, 0) is 5.60 Å². The minimum atomic E-state index is -0.763. The van der Waals surface area contributed by atoms with Gasteiger partial charge in [-0.05, 0) is 43.4 Å². The van der Waals surface area contributed by atoms with Crippen LogP contribution in [0, 0.1) is 0 Å². The average Bonchev–Trinajstić information content (AvgIpc) is 2.66. The second kappa shape index (κ2) is 5.02. The van der Waals surface area contributed by atoms with E-state index in [0.29, 0.717) is 26.1 Å². The third kappa shape index (κ3) is 2.55. The molecule has 3 N–H and O–H groups in total. The Morgan fingerprint density at radius 1 is 1.11 bits per heavy atom. The Labute approximate surface area is 113 Å². The number of rotatable bonds is 1. The van der Waals surface area contributed by atoms with Gasteiger partial charge in [0.15, 0.2) is 11.5 Å². The first-order valence-electron chi connectivity index (χ1n) is 7.05. The first kappa shape index (κ1) is 12.8. The lowest BCUT2D eigenvalue weighted by Crippen LogP contribution is -2.36. The van der Waals surface area contributed by atoms with Gasteiger partial charge in [-0.2, -0.15) is 0 Å². The molecule has 1 aliphatic heterocycles. The number of hydrogen-bond donors (Lipinski definition) is 2. The summed E-state index contributed by atoms with van der Waals surface area (Å²) in [7, 11) is 0. The fourth-order valence-corrected chi connectivity index (χ4v) is 2.86. The summed E-state index contributed by atoms with van der Waals surface area (Å²) >= 11 is 0.